The minimum atomic E-state index is -4.44. The largest absolute Gasteiger partial charge is 0.435 e. The van der Waals surface area contributed by atoms with E-state index in [0.717, 1.165) is 16.3 Å². The van der Waals surface area contributed by atoms with Crippen molar-refractivity contribution in [2.45, 2.75) is 13.1 Å². The highest BCUT2D eigenvalue weighted by Crippen LogP contribution is 2.28. The van der Waals surface area contributed by atoms with Gasteiger partial charge in [-0.15, -0.1) is 0 Å². The van der Waals surface area contributed by atoms with Crippen molar-refractivity contribution in [2.24, 2.45) is 0 Å². The molecule has 0 spiro atoms. The van der Waals surface area contributed by atoms with Crippen LogP contribution < -0.4 is 5.73 Å². The van der Waals surface area contributed by atoms with Crippen molar-refractivity contribution in [1.29, 1.82) is 0 Å². The van der Waals surface area contributed by atoms with E-state index in [2.05, 4.69) is 5.10 Å². The summed E-state index contributed by atoms with van der Waals surface area (Å²) in [4.78, 5) is 0. The van der Waals surface area contributed by atoms with E-state index < -0.39 is 11.9 Å². The predicted molar refractivity (Wildman–Crippen MR) is 57.7 cm³/mol. The summed E-state index contributed by atoms with van der Waals surface area (Å²) in [5.74, 6) is 0. The van der Waals surface area contributed by atoms with Crippen LogP contribution in [-0.4, -0.2) is 9.78 Å². The molecule has 1 aromatic carbocycles. The van der Waals surface area contributed by atoms with E-state index in [1.54, 1.807) is 18.2 Å². The van der Waals surface area contributed by atoms with Gasteiger partial charge in [0.25, 0.3) is 0 Å². The minimum Gasteiger partial charge on any atom is -0.397 e. The number of benzene rings is 1. The Hall–Kier alpha value is -1.98. The Morgan fingerprint density at radius 3 is 2.47 bits per heavy atom. The molecule has 1 heterocycles. The molecule has 6 heteroatoms. The van der Waals surface area contributed by atoms with Crippen LogP contribution in [0.3, 0.4) is 0 Å². The van der Waals surface area contributed by atoms with Crippen molar-refractivity contribution >= 4 is 5.69 Å². The van der Waals surface area contributed by atoms with Crippen LogP contribution in [-0.2, 0) is 6.18 Å². The monoisotopic (exact) mass is 241 g/mol. The first kappa shape index (κ1) is 11.5. The first-order valence-electron chi connectivity index (χ1n) is 4.87. The Balaban J connectivity index is 2.44. The van der Waals surface area contributed by atoms with Crippen molar-refractivity contribution in [3.05, 3.63) is 41.7 Å². The zero-order valence-electron chi connectivity index (χ0n) is 8.99. The zero-order valence-corrected chi connectivity index (χ0v) is 8.99. The third kappa shape index (κ3) is 2.25. The second-order valence-electron chi connectivity index (χ2n) is 3.71. The lowest BCUT2D eigenvalue weighted by Gasteiger charge is -2.06. The van der Waals surface area contributed by atoms with E-state index in [9.17, 15) is 13.2 Å². The molecule has 0 aliphatic heterocycles. The maximum Gasteiger partial charge on any atom is 0.435 e. The van der Waals surface area contributed by atoms with Crippen LogP contribution in [0.4, 0.5) is 18.9 Å². The van der Waals surface area contributed by atoms with Crippen molar-refractivity contribution < 1.29 is 13.2 Å². The Bertz CT molecular complexity index is 543. The molecule has 0 atom stereocenters. The molecule has 0 saturated heterocycles. The highest BCUT2D eigenvalue weighted by molar-refractivity contribution is 5.58. The zero-order chi connectivity index (χ0) is 12.6. The third-order valence-corrected chi connectivity index (χ3v) is 2.31. The highest BCUT2D eigenvalue weighted by atomic mass is 19.4. The van der Waals surface area contributed by atoms with Gasteiger partial charge in [0.15, 0.2) is 5.69 Å². The summed E-state index contributed by atoms with van der Waals surface area (Å²) in [6, 6.07) is 6.00. The minimum absolute atomic E-state index is 0.391. The van der Waals surface area contributed by atoms with E-state index in [1.165, 1.54) is 6.20 Å². The number of nitrogens with zero attached hydrogens (tertiary/aromatic N) is 2. The first-order chi connectivity index (χ1) is 7.88. The summed E-state index contributed by atoms with van der Waals surface area (Å²) in [6.07, 6.45) is -3.20. The number of hydrogen-bond acceptors (Lipinski definition) is 2. The Morgan fingerprint density at radius 2 is 1.94 bits per heavy atom. The van der Waals surface area contributed by atoms with Gasteiger partial charge in [0.1, 0.15) is 0 Å². The fourth-order valence-electron chi connectivity index (χ4n) is 1.49. The van der Waals surface area contributed by atoms with Crippen LogP contribution in [0, 0.1) is 6.92 Å². The van der Waals surface area contributed by atoms with E-state index >= 15 is 0 Å². The van der Waals surface area contributed by atoms with Crippen molar-refractivity contribution in [3.63, 3.8) is 0 Å². The topological polar surface area (TPSA) is 43.8 Å². The van der Waals surface area contributed by atoms with Gasteiger partial charge in [0.2, 0.25) is 0 Å². The van der Waals surface area contributed by atoms with Crippen LogP contribution in [0.25, 0.3) is 5.69 Å². The summed E-state index contributed by atoms with van der Waals surface area (Å²) in [5, 5.41) is 3.45. The number of rotatable bonds is 1. The Morgan fingerprint density at radius 1 is 1.24 bits per heavy atom. The van der Waals surface area contributed by atoms with Crippen molar-refractivity contribution in [1.82, 2.24) is 9.78 Å². The van der Waals surface area contributed by atoms with Gasteiger partial charge in [-0.2, -0.15) is 18.3 Å². The molecule has 2 N–H and O–H groups in total. The van der Waals surface area contributed by atoms with Gasteiger partial charge >= 0.3 is 6.18 Å². The number of aryl methyl sites for hydroxylation is 1. The maximum atomic E-state index is 12.4. The summed E-state index contributed by atoms with van der Waals surface area (Å²) >= 11 is 0. The highest BCUT2D eigenvalue weighted by Gasteiger charge is 2.33. The van der Waals surface area contributed by atoms with Crippen molar-refractivity contribution in [2.75, 3.05) is 5.73 Å². The van der Waals surface area contributed by atoms with Gasteiger partial charge in [-0.05, 0) is 30.7 Å². The molecule has 2 aromatic rings. The van der Waals surface area contributed by atoms with E-state index in [0.29, 0.717) is 11.4 Å². The third-order valence-electron chi connectivity index (χ3n) is 2.31. The lowest BCUT2D eigenvalue weighted by atomic mass is 10.2. The lowest BCUT2D eigenvalue weighted by Crippen LogP contribution is -2.08. The van der Waals surface area contributed by atoms with Crippen LogP contribution in [0.2, 0.25) is 0 Å². The molecule has 0 fully saturated rings. The number of hydrogen-bond donors (Lipinski definition) is 1. The second kappa shape index (κ2) is 3.80. The molecule has 0 unspecified atom stereocenters. The van der Waals surface area contributed by atoms with Crippen LogP contribution in [0.15, 0.2) is 30.5 Å². The van der Waals surface area contributed by atoms with Gasteiger partial charge in [0.05, 0.1) is 11.4 Å². The van der Waals surface area contributed by atoms with E-state index in [-0.39, 0.29) is 0 Å². The standard InChI is InChI=1S/C11H10F3N3/c1-7-2-3-9(8(15)6-7)17-5-4-10(16-17)11(12,13)14/h2-6H,15H2,1H3. The number of anilines is 1. The SMILES string of the molecule is Cc1ccc(-n2ccc(C(F)(F)F)n2)c(N)c1. The van der Waals surface area contributed by atoms with Crippen LogP contribution in [0.1, 0.15) is 11.3 Å². The molecule has 0 aliphatic carbocycles. The molecule has 0 saturated carbocycles. The van der Waals surface area contributed by atoms with Gasteiger partial charge < -0.3 is 5.73 Å². The Kier molecular flexibility index (Phi) is 2.57. The molecule has 0 bridgehead atoms. The molecule has 90 valence electrons. The predicted octanol–water partition coefficient (Wildman–Crippen LogP) is 2.78. The molecule has 0 amide bonds. The van der Waals surface area contributed by atoms with Crippen LogP contribution >= 0.6 is 0 Å². The molecule has 1 aromatic heterocycles. The van der Waals surface area contributed by atoms with E-state index in [1.807, 2.05) is 6.92 Å². The van der Waals surface area contributed by atoms with Gasteiger partial charge in [-0.1, -0.05) is 6.07 Å². The fourth-order valence-corrected chi connectivity index (χ4v) is 1.49. The summed E-state index contributed by atoms with van der Waals surface area (Å²) in [5.41, 5.74) is 6.56. The maximum absolute atomic E-state index is 12.4. The summed E-state index contributed by atoms with van der Waals surface area (Å²) in [6.45, 7) is 1.85. The van der Waals surface area contributed by atoms with Crippen LogP contribution in [0.5, 0.6) is 0 Å². The second-order valence-corrected chi connectivity index (χ2v) is 3.71. The average molecular weight is 241 g/mol. The molecular formula is C11H10F3N3. The number of halogens is 3. The summed E-state index contributed by atoms with van der Waals surface area (Å²) < 4.78 is 38.2. The van der Waals surface area contributed by atoms with Gasteiger partial charge in [-0.3, -0.25) is 0 Å². The normalized spacial score (nSPS) is 11.8. The number of aromatic nitrogens is 2. The first-order valence-corrected chi connectivity index (χ1v) is 4.87. The average Bonchev–Trinajstić information content (AvgIpc) is 2.65. The summed E-state index contributed by atoms with van der Waals surface area (Å²) in [7, 11) is 0. The fraction of sp³-hybridized carbons (Fsp3) is 0.182. The number of nitrogen functional groups attached to an aromatic ring is 1. The number of nitrogens with two attached hydrogens (primary N) is 1. The molecule has 17 heavy (non-hydrogen) atoms. The molecule has 2 rings (SSSR count). The quantitative estimate of drug-likeness (QED) is 0.780. The van der Waals surface area contributed by atoms with Crippen molar-refractivity contribution in [3.8, 4) is 5.69 Å². The smallest absolute Gasteiger partial charge is 0.397 e. The molecule has 0 radical (unpaired) electrons. The molecule has 0 aliphatic rings. The Labute approximate surface area is 95.7 Å². The molecule has 3 nitrogen and oxygen atoms in total. The van der Waals surface area contributed by atoms with Gasteiger partial charge in [0, 0.05) is 6.20 Å². The molecular weight excluding hydrogens is 231 g/mol. The van der Waals surface area contributed by atoms with Gasteiger partial charge in [-0.25, -0.2) is 4.68 Å². The lowest BCUT2D eigenvalue weighted by molar-refractivity contribution is -0.141. The van der Waals surface area contributed by atoms with E-state index in [4.69, 9.17) is 5.73 Å². The number of alkyl halides is 3.